The highest BCUT2D eigenvalue weighted by Crippen LogP contribution is 2.31. The van der Waals surface area contributed by atoms with E-state index >= 15 is 0 Å². The van der Waals surface area contributed by atoms with Crippen LogP contribution < -0.4 is 14.4 Å². The molecule has 0 saturated carbocycles. The highest BCUT2D eigenvalue weighted by atomic mass is 35.5. The minimum Gasteiger partial charge on any atom is -0.495 e. The fourth-order valence-electron chi connectivity index (χ4n) is 2.74. The van der Waals surface area contributed by atoms with Gasteiger partial charge < -0.3 is 10.1 Å². The first-order chi connectivity index (χ1) is 13.3. The second-order valence-corrected chi connectivity index (χ2v) is 8.49. The van der Waals surface area contributed by atoms with Gasteiger partial charge in [0, 0.05) is 6.04 Å². The van der Waals surface area contributed by atoms with Crippen molar-refractivity contribution in [3.8, 4) is 5.75 Å². The third-order valence-corrected chi connectivity index (χ3v) is 6.48. The zero-order valence-corrected chi connectivity index (χ0v) is 17.8. The second-order valence-electron chi connectivity index (χ2n) is 6.22. The molecule has 0 radical (unpaired) electrons. The third-order valence-electron chi connectivity index (χ3n) is 4.39. The molecule has 0 heterocycles. The number of benzene rings is 2. The lowest BCUT2D eigenvalue weighted by molar-refractivity contribution is -0.120. The van der Waals surface area contributed by atoms with Crippen LogP contribution in [0.25, 0.3) is 0 Å². The number of carbonyl (C=O) groups is 1. The van der Waals surface area contributed by atoms with Crippen LogP contribution in [-0.4, -0.2) is 34.0 Å². The molecule has 0 aromatic heterocycles. The first-order valence-corrected chi connectivity index (χ1v) is 10.9. The number of nitrogens with zero attached hydrogens (tertiary/aromatic N) is 1. The van der Waals surface area contributed by atoms with Crippen LogP contribution in [0.15, 0.2) is 53.4 Å². The molecule has 1 N–H and O–H groups in total. The normalized spacial score (nSPS) is 11.3. The van der Waals surface area contributed by atoms with Gasteiger partial charge in [0.1, 0.15) is 12.3 Å². The van der Waals surface area contributed by atoms with E-state index in [9.17, 15) is 13.2 Å². The average Bonchev–Trinajstić information content (AvgIpc) is 2.70. The van der Waals surface area contributed by atoms with Crippen molar-refractivity contribution >= 4 is 33.2 Å². The van der Waals surface area contributed by atoms with Crippen LogP contribution in [0, 0.1) is 0 Å². The molecule has 0 bridgehead atoms. The predicted molar refractivity (Wildman–Crippen MR) is 111 cm³/mol. The minimum atomic E-state index is -3.96. The van der Waals surface area contributed by atoms with Gasteiger partial charge in [0.25, 0.3) is 10.0 Å². The van der Waals surface area contributed by atoms with Crippen LogP contribution in [0.4, 0.5) is 5.69 Å². The molecule has 0 unspecified atom stereocenters. The Morgan fingerprint density at radius 1 is 1.14 bits per heavy atom. The number of carbonyl (C=O) groups excluding carboxylic acids is 1. The molecule has 2 aromatic rings. The van der Waals surface area contributed by atoms with E-state index in [0.717, 1.165) is 17.1 Å². The molecule has 0 fully saturated rings. The molecule has 1 amide bonds. The topological polar surface area (TPSA) is 75.7 Å². The van der Waals surface area contributed by atoms with E-state index in [-0.39, 0.29) is 34.1 Å². The zero-order valence-electron chi connectivity index (χ0n) is 16.2. The maximum atomic E-state index is 13.2. The predicted octanol–water partition coefficient (Wildman–Crippen LogP) is 3.85. The van der Waals surface area contributed by atoms with Crippen molar-refractivity contribution in [3.05, 3.63) is 53.6 Å². The van der Waals surface area contributed by atoms with E-state index in [2.05, 4.69) is 5.32 Å². The molecule has 0 aliphatic rings. The van der Waals surface area contributed by atoms with Gasteiger partial charge in [0.2, 0.25) is 5.91 Å². The summed E-state index contributed by atoms with van der Waals surface area (Å²) in [7, 11) is -2.49. The largest absolute Gasteiger partial charge is 0.495 e. The van der Waals surface area contributed by atoms with E-state index in [1.807, 2.05) is 13.8 Å². The van der Waals surface area contributed by atoms with Crippen LogP contribution in [0.2, 0.25) is 5.02 Å². The summed E-state index contributed by atoms with van der Waals surface area (Å²) in [5, 5.41) is 3.13. The summed E-state index contributed by atoms with van der Waals surface area (Å²) in [5.41, 5.74) is 0.286. The number of hydrogen-bond acceptors (Lipinski definition) is 4. The molecule has 6 nitrogen and oxygen atoms in total. The average molecular weight is 425 g/mol. The fourth-order valence-corrected chi connectivity index (χ4v) is 4.43. The molecular formula is C20H25ClN2O4S. The van der Waals surface area contributed by atoms with Crippen molar-refractivity contribution in [2.45, 2.75) is 37.6 Å². The number of halogens is 1. The molecule has 28 heavy (non-hydrogen) atoms. The number of amides is 1. The molecular weight excluding hydrogens is 400 g/mol. The van der Waals surface area contributed by atoms with Crippen molar-refractivity contribution in [2.24, 2.45) is 0 Å². The molecule has 0 saturated heterocycles. The van der Waals surface area contributed by atoms with Crippen molar-refractivity contribution < 1.29 is 17.9 Å². The van der Waals surface area contributed by atoms with Crippen LogP contribution in [0.1, 0.15) is 26.7 Å². The summed E-state index contributed by atoms with van der Waals surface area (Å²) in [6.45, 7) is 3.59. The van der Waals surface area contributed by atoms with Crippen molar-refractivity contribution in [1.82, 2.24) is 5.32 Å². The minimum absolute atomic E-state index is 0.00626. The maximum absolute atomic E-state index is 13.2. The SMILES string of the molecule is CCC(CC)NC(=O)CN(c1ccc(OC)c(Cl)c1)S(=O)(=O)c1ccccc1. The van der Waals surface area contributed by atoms with Gasteiger partial charge in [0.05, 0.1) is 22.7 Å². The van der Waals surface area contributed by atoms with Crippen molar-refractivity contribution in [2.75, 3.05) is 18.0 Å². The van der Waals surface area contributed by atoms with Gasteiger partial charge >= 0.3 is 0 Å². The zero-order chi connectivity index (χ0) is 20.7. The molecule has 152 valence electrons. The lowest BCUT2D eigenvalue weighted by Crippen LogP contribution is -2.44. The van der Waals surface area contributed by atoms with Crippen molar-refractivity contribution in [1.29, 1.82) is 0 Å². The van der Waals surface area contributed by atoms with Crippen LogP contribution >= 0.6 is 11.6 Å². The number of hydrogen-bond donors (Lipinski definition) is 1. The van der Waals surface area contributed by atoms with Crippen LogP contribution in [0.3, 0.4) is 0 Å². The Bertz CT molecular complexity index is 900. The molecule has 0 aliphatic carbocycles. The summed E-state index contributed by atoms with van der Waals surface area (Å²) >= 11 is 6.19. The van der Waals surface area contributed by atoms with E-state index in [1.54, 1.807) is 30.3 Å². The summed E-state index contributed by atoms with van der Waals surface area (Å²) in [6.07, 6.45) is 1.53. The second kappa shape index (κ2) is 9.80. The van der Waals surface area contributed by atoms with E-state index in [1.165, 1.54) is 25.3 Å². The van der Waals surface area contributed by atoms with Gasteiger partial charge in [-0.15, -0.1) is 0 Å². The Labute approximate surface area is 171 Å². The first kappa shape index (κ1) is 22.0. The summed E-state index contributed by atoms with van der Waals surface area (Å²) in [6, 6.07) is 12.6. The quantitative estimate of drug-likeness (QED) is 0.663. The van der Waals surface area contributed by atoms with Crippen molar-refractivity contribution in [3.63, 3.8) is 0 Å². The van der Waals surface area contributed by atoms with Crippen LogP contribution in [0.5, 0.6) is 5.75 Å². The van der Waals surface area contributed by atoms with Crippen LogP contribution in [-0.2, 0) is 14.8 Å². The molecule has 2 aromatic carbocycles. The van der Waals surface area contributed by atoms with Gasteiger partial charge in [0.15, 0.2) is 0 Å². The number of anilines is 1. The Hall–Kier alpha value is -2.25. The summed E-state index contributed by atoms with van der Waals surface area (Å²) in [4.78, 5) is 12.7. The molecule has 2 rings (SSSR count). The van der Waals surface area contributed by atoms with Gasteiger partial charge in [-0.1, -0.05) is 43.6 Å². The highest BCUT2D eigenvalue weighted by molar-refractivity contribution is 7.92. The molecule has 0 spiro atoms. The number of sulfonamides is 1. The third kappa shape index (κ3) is 5.17. The molecule has 0 aliphatic heterocycles. The van der Waals surface area contributed by atoms with Gasteiger partial charge in [-0.05, 0) is 43.2 Å². The number of nitrogens with one attached hydrogen (secondary N) is 1. The lowest BCUT2D eigenvalue weighted by atomic mass is 10.2. The summed E-state index contributed by atoms with van der Waals surface area (Å²) in [5.74, 6) is 0.0455. The Morgan fingerprint density at radius 3 is 2.32 bits per heavy atom. The smallest absolute Gasteiger partial charge is 0.264 e. The Morgan fingerprint density at radius 2 is 1.79 bits per heavy atom. The monoisotopic (exact) mass is 424 g/mol. The first-order valence-electron chi connectivity index (χ1n) is 9.04. The van der Waals surface area contributed by atoms with E-state index in [0.29, 0.717) is 5.75 Å². The summed E-state index contributed by atoms with van der Waals surface area (Å²) < 4.78 is 32.7. The Balaban J connectivity index is 2.44. The van der Waals surface area contributed by atoms with E-state index in [4.69, 9.17) is 16.3 Å². The highest BCUT2D eigenvalue weighted by Gasteiger charge is 2.28. The van der Waals surface area contributed by atoms with Gasteiger partial charge in [-0.2, -0.15) is 0 Å². The Kier molecular flexibility index (Phi) is 7.71. The lowest BCUT2D eigenvalue weighted by Gasteiger charge is -2.25. The molecule has 0 atom stereocenters. The van der Waals surface area contributed by atoms with E-state index < -0.39 is 10.0 Å². The fraction of sp³-hybridized carbons (Fsp3) is 0.350. The maximum Gasteiger partial charge on any atom is 0.264 e. The van der Waals surface area contributed by atoms with Gasteiger partial charge in [-0.25, -0.2) is 8.42 Å². The number of ether oxygens (including phenoxy) is 1. The standard InChI is InChI=1S/C20H25ClN2O4S/c1-4-15(5-2)22-20(24)14-23(16-11-12-19(27-3)18(21)13-16)28(25,26)17-9-7-6-8-10-17/h6-13,15H,4-5,14H2,1-3H3,(H,22,24). The molecule has 8 heteroatoms. The number of methoxy groups -OCH3 is 1. The van der Waals surface area contributed by atoms with Gasteiger partial charge in [-0.3, -0.25) is 9.10 Å². The number of rotatable bonds is 9.